The van der Waals surface area contributed by atoms with Crippen LogP contribution < -0.4 is 10.6 Å². The fraction of sp³-hybridized carbons (Fsp3) is 0.364. The van der Waals surface area contributed by atoms with Crippen LogP contribution in [-0.2, 0) is 11.3 Å². The summed E-state index contributed by atoms with van der Waals surface area (Å²) in [7, 11) is 1.60. The van der Waals surface area contributed by atoms with Crippen molar-refractivity contribution in [3.05, 3.63) is 35.6 Å². The number of nitrogens with one attached hydrogen (secondary N) is 2. The van der Waals surface area contributed by atoms with E-state index >= 15 is 0 Å². The summed E-state index contributed by atoms with van der Waals surface area (Å²) in [4.78, 5) is 11.2. The van der Waals surface area contributed by atoms with Gasteiger partial charge in [0.05, 0.1) is 6.04 Å². The van der Waals surface area contributed by atoms with Gasteiger partial charge in [-0.2, -0.15) is 0 Å². The largest absolute Gasteiger partial charge is 0.358 e. The maximum Gasteiger partial charge on any atom is 0.236 e. The Morgan fingerprint density at radius 1 is 1.40 bits per heavy atom. The lowest BCUT2D eigenvalue weighted by atomic mass is 10.2. The Balaban J connectivity index is 2.43. The van der Waals surface area contributed by atoms with Gasteiger partial charge in [-0.25, -0.2) is 4.39 Å². The molecule has 0 radical (unpaired) electrons. The Morgan fingerprint density at radius 2 is 2.00 bits per heavy atom. The van der Waals surface area contributed by atoms with E-state index < -0.39 is 0 Å². The molecule has 0 heterocycles. The van der Waals surface area contributed by atoms with Crippen molar-refractivity contribution < 1.29 is 9.18 Å². The highest BCUT2D eigenvalue weighted by atomic mass is 19.1. The van der Waals surface area contributed by atoms with Crippen LogP contribution in [-0.4, -0.2) is 19.0 Å². The molecule has 1 aromatic rings. The van der Waals surface area contributed by atoms with Crippen LogP contribution in [0.4, 0.5) is 4.39 Å². The van der Waals surface area contributed by atoms with Crippen LogP contribution >= 0.6 is 0 Å². The van der Waals surface area contributed by atoms with Gasteiger partial charge in [0.15, 0.2) is 0 Å². The van der Waals surface area contributed by atoms with Crippen molar-refractivity contribution in [1.82, 2.24) is 10.6 Å². The summed E-state index contributed by atoms with van der Waals surface area (Å²) in [6, 6.07) is 5.95. The van der Waals surface area contributed by atoms with Crippen molar-refractivity contribution >= 4 is 5.91 Å². The lowest BCUT2D eigenvalue weighted by molar-refractivity contribution is -0.122. The Labute approximate surface area is 88.7 Å². The van der Waals surface area contributed by atoms with E-state index in [0.717, 1.165) is 5.56 Å². The molecule has 3 nitrogen and oxygen atoms in total. The van der Waals surface area contributed by atoms with E-state index in [1.165, 1.54) is 12.1 Å². The minimum atomic E-state index is -0.252. The SMILES string of the molecule is CNC(=O)[C@@H](C)NCc1ccc(F)cc1. The summed E-state index contributed by atoms with van der Waals surface area (Å²) in [5, 5.41) is 5.58. The van der Waals surface area contributed by atoms with Crippen LogP contribution in [0.5, 0.6) is 0 Å². The van der Waals surface area contributed by atoms with Crippen molar-refractivity contribution in [1.29, 1.82) is 0 Å². The van der Waals surface area contributed by atoms with Gasteiger partial charge in [-0.3, -0.25) is 4.79 Å². The third-order valence-corrected chi connectivity index (χ3v) is 2.17. The molecule has 15 heavy (non-hydrogen) atoms. The quantitative estimate of drug-likeness (QED) is 0.780. The van der Waals surface area contributed by atoms with Gasteiger partial charge in [-0.15, -0.1) is 0 Å². The van der Waals surface area contributed by atoms with E-state index in [1.807, 2.05) is 0 Å². The maximum atomic E-state index is 12.6. The number of benzene rings is 1. The summed E-state index contributed by atoms with van der Waals surface area (Å²) < 4.78 is 12.6. The van der Waals surface area contributed by atoms with Crippen LogP contribution in [0, 0.1) is 5.82 Å². The molecule has 0 bridgehead atoms. The lowest BCUT2D eigenvalue weighted by Crippen LogP contribution is -2.40. The summed E-state index contributed by atoms with van der Waals surface area (Å²) in [6.07, 6.45) is 0. The molecule has 1 atom stereocenters. The molecule has 0 unspecified atom stereocenters. The first-order chi connectivity index (χ1) is 7.13. The lowest BCUT2D eigenvalue weighted by Gasteiger charge is -2.11. The molecular formula is C11H15FN2O. The summed E-state index contributed by atoms with van der Waals surface area (Å²) >= 11 is 0. The fourth-order valence-electron chi connectivity index (χ4n) is 1.18. The van der Waals surface area contributed by atoms with E-state index in [-0.39, 0.29) is 17.8 Å². The van der Waals surface area contributed by atoms with Crippen molar-refractivity contribution in [3.8, 4) is 0 Å². The first kappa shape index (κ1) is 11.7. The highest BCUT2D eigenvalue weighted by molar-refractivity contribution is 5.80. The molecule has 0 spiro atoms. The molecule has 4 heteroatoms. The Morgan fingerprint density at radius 3 is 2.53 bits per heavy atom. The summed E-state index contributed by atoms with van der Waals surface area (Å²) in [5.41, 5.74) is 0.951. The van der Waals surface area contributed by atoms with Crippen LogP contribution in [0.3, 0.4) is 0 Å². The van der Waals surface area contributed by atoms with Gasteiger partial charge in [0.2, 0.25) is 5.91 Å². The molecule has 0 aliphatic carbocycles. The number of hydrogen-bond acceptors (Lipinski definition) is 2. The van der Waals surface area contributed by atoms with Gasteiger partial charge in [0, 0.05) is 13.6 Å². The van der Waals surface area contributed by atoms with E-state index in [9.17, 15) is 9.18 Å². The van der Waals surface area contributed by atoms with E-state index in [0.29, 0.717) is 6.54 Å². The Hall–Kier alpha value is -1.42. The van der Waals surface area contributed by atoms with Gasteiger partial charge in [-0.1, -0.05) is 12.1 Å². The van der Waals surface area contributed by atoms with E-state index in [2.05, 4.69) is 10.6 Å². The first-order valence-electron chi connectivity index (χ1n) is 4.83. The first-order valence-corrected chi connectivity index (χ1v) is 4.83. The summed E-state index contributed by atoms with van der Waals surface area (Å²) in [6.45, 7) is 2.33. The second kappa shape index (κ2) is 5.46. The Bertz CT molecular complexity index is 324. The molecule has 1 rings (SSSR count). The Kier molecular flexibility index (Phi) is 4.24. The van der Waals surface area contributed by atoms with Crippen molar-refractivity contribution in [2.75, 3.05) is 7.05 Å². The number of halogens is 1. The van der Waals surface area contributed by atoms with Crippen LogP contribution in [0.15, 0.2) is 24.3 Å². The number of likely N-dealkylation sites (N-methyl/N-ethyl adjacent to an activating group) is 1. The van der Waals surface area contributed by atoms with Crippen LogP contribution in [0.1, 0.15) is 12.5 Å². The van der Waals surface area contributed by atoms with Crippen molar-refractivity contribution in [2.45, 2.75) is 19.5 Å². The van der Waals surface area contributed by atoms with Crippen molar-refractivity contribution in [3.63, 3.8) is 0 Å². The van der Waals surface area contributed by atoms with Gasteiger partial charge in [-0.05, 0) is 24.6 Å². The predicted octanol–water partition coefficient (Wildman–Crippen LogP) is 1.05. The monoisotopic (exact) mass is 210 g/mol. The average molecular weight is 210 g/mol. The molecule has 0 aliphatic rings. The van der Waals surface area contributed by atoms with E-state index in [4.69, 9.17) is 0 Å². The minimum absolute atomic E-state index is 0.0582. The predicted molar refractivity (Wildman–Crippen MR) is 56.8 cm³/mol. The van der Waals surface area contributed by atoms with Crippen LogP contribution in [0.25, 0.3) is 0 Å². The second-order valence-corrected chi connectivity index (χ2v) is 3.34. The number of rotatable bonds is 4. The van der Waals surface area contributed by atoms with Gasteiger partial charge in [0.1, 0.15) is 5.82 Å². The zero-order chi connectivity index (χ0) is 11.3. The van der Waals surface area contributed by atoms with Gasteiger partial charge >= 0.3 is 0 Å². The average Bonchev–Trinajstić information content (AvgIpc) is 2.26. The third kappa shape index (κ3) is 3.67. The number of carbonyl (C=O) groups excluding carboxylic acids is 1. The summed E-state index contributed by atoms with van der Waals surface area (Å²) in [5.74, 6) is -0.310. The molecule has 2 N–H and O–H groups in total. The molecule has 1 amide bonds. The molecule has 0 saturated heterocycles. The van der Waals surface area contributed by atoms with Crippen LogP contribution in [0.2, 0.25) is 0 Å². The molecule has 0 fully saturated rings. The molecule has 0 aliphatic heterocycles. The minimum Gasteiger partial charge on any atom is -0.358 e. The zero-order valence-electron chi connectivity index (χ0n) is 8.88. The van der Waals surface area contributed by atoms with E-state index in [1.54, 1.807) is 26.1 Å². The fourth-order valence-corrected chi connectivity index (χ4v) is 1.18. The normalized spacial score (nSPS) is 12.2. The highest BCUT2D eigenvalue weighted by Crippen LogP contribution is 2.02. The molecular weight excluding hydrogens is 195 g/mol. The standard InChI is InChI=1S/C11H15FN2O/c1-8(11(15)13-2)14-7-9-3-5-10(12)6-4-9/h3-6,8,14H,7H2,1-2H3,(H,13,15)/t8-/m1/s1. The number of carbonyl (C=O) groups is 1. The topological polar surface area (TPSA) is 41.1 Å². The molecule has 1 aromatic carbocycles. The molecule has 0 saturated carbocycles. The molecule has 0 aromatic heterocycles. The molecule has 82 valence electrons. The highest BCUT2D eigenvalue weighted by Gasteiger charge is 2.09. The van der Waals surface area contributed by atoms with Crippen molar-refractivity contribution in [2.24, 2.45) is 0 Å². The maximum absolute atomic E-state index is 12.6. The second-order valence-electron chi connectivity index (χ2n) is 3.34. The zero-order valence-corrected chi connectivity index (χ0v) is 8.88. The van der Waals surface area contributed by atoms with Gasteiger partial charge in [0.25, 0.3) is 0 Å². The third-order valence-electron chi connectivity index (χ3n) is 2.17. The smallest absolute Gasteiger partial charge is 0.236 e. The number of amides is 1. The van der Waals surface area contributed by atoms with Gasteiger partial charge < -0.3 is 10.6 Å². The number of hydrogen-bond donors (Lipinski definition) is 2.